The van der Waals surface area contributed by atoms with E-state index in [0.29, 0.717) is 18.0 Å². The van der Waals surface area contributed by atoms with Crippen LogP contribution >= 0.6 is 11.3 Å². The van der Waals surface area contributed by atoms with Crippen LogP contribution in [0.4, 0.5) is 0 Å². The average molecular weight is 346 g/mol. The van der Waals surface area contributed by atoms with Gasteiger partial charge in [-0.05, 0) is 38.4 Å². The molecule has 5 nitrogen and oxygen atoms in total. The maximum absolute atomic E-state index is 12.0. The highest BCUT2D eigenvalue weighted by molar-refractivity contribution is 7.13. The fourth-order valence-electron chi connectivity index (χ4n) is 3.27. The van der Waals surface area contributed by atoms with Crippen molar-refractivity contribution in [3.63, 3.8) is 0 Å². The zero-order chi connectivity index (χ0) is 17.2. The number of ether oxygens (including phenoxy) is 1. The molecular weight excluding hydrogens is 324 g/mol. The molecule has 128 valence electrons. The molecule has 0 atom stereocenters. The molecule has 2 heterocycles. The number of rotatable bonds is 5. The summed E-state index contributed by atoms with van der Waals surface area (Å²) in [5.74, 6) is -0.717. The number of thiazole rings is 1. The molecule has 0 saturated carbocycles. The largest absolute Gasteiger partial charge is 0.481 e. The summed E-state index contributed by atoms with van der Waals surface area (Å²) in [6, 6.07) is 7.92. The first-order valence-corrected chi connectivity index (χ1v) is 8.87. The van der Waals surface area contributed by atoms with E-state index in [-0.39, 0.29) is 0 Å². The van der Waals surface area contributed by atoms with Crippen molar-refractivity contribution in [1.29, 1.82) is 0 Å². The van der Waals surface area contributed by atoms with Gasteiger partial charge >= 0.3 is 5.97 Å². The standard InChI is InChI=1S/C18H22N2O3S/c1-13-3-5-14(6-4-13)18(16(21)22)7-9-20(10-8-18)12-15-11-19-17(23-2)24-15/h3-6,11H,7-10,12H2,1-2H3,(H,21,22). The Kier molecular flexibility index (Phi) is 4.87. The predicted molar refractivity (Wildman–Crippen MR) is 93.7 cm³/mol. The van der Waals surface area contributed by atoms with Gasteiger partial charge in [-0.25, -0.2) is 4.98 Å². The number of hydrogen-bond donors (Lipinski definition) is 1. The number of carbonyl (C=O) groups is 1. The van der Waals surface area contributed by atoms with Gasteiger partial charge in [0.2, 0.25) is 0 Å². The van der Waals surface area contributed by atoms with Crippen molar-refractivity contribution in [2.24, 2.45) is 0 Å². The average Bonchev–Trinajstić information content (AvgIpc) is 3.04. The number of nitrogens with zero attached hydrogens (tertiary/aromatic N) is 2. The van der Waals surface area contributed by atoms with Crippen LogP contribution in [-0.2, 0) is 16.8 Å². The van der Waals surface area contributed by atoms with E-state index in [2.05, 4.69) is 9.88 Å². The molecule has 0 aliphatic carbocycles. The minimum absolute atomic E-state index is 0.626. The van der Waals surface area contributed by atoms with Gasteiger partial charge in [0.1, 0.15) is 0 Å². The third kappa shape index (κ3) is 3.30. The number of aromatic nitrogens is 1. The topological polar surface area (TPSA) is 62.7 Å². The number of likely N-dealkylation sites (tertiary alicyclic amines) is 1. The number of carboxylic acid groups (broad SMARTS) is 1. The van der Waals surface area contributed by atoms with Crippen molar-refractivity contribution < 1.29 is 14.6 Å². The van der Waals surface area contributed by atoms with Crippen LogP contribution in [0, 0.1) is 6.92 Å². The lowest BCUT2D eigenvalue weighted by Crippen LogP contribution is -2.47. The fourth-order valence-corrected chi connectivity index (χ4v) is 4.03. The molecule has 0 amide bonds. The van der Waals surface area contributed by atoms with Crippen molar-refractivity contribution in [1.82, 2.24) is 9.88 Å². The summed E-state index contributed by atoms with van der Waals surface area (Å²) in [4.78, 5) is 19.7. The molecule has 1 aromatic carbocycles. The van der Waals surface area contributed by atoms with Gasteiger partial charge in [0.05, 0.1) is 12.5 Å². The Morgan fingerprint density at radius 2 is 2.00 bits per heavy atom. The van der Waals surface area contributed by atoms with Gasteiger partial charge in [-0.2, -0.15) is 0 Å². The van der Waals surface area contributed by atoms with Gasteiger partial charge in [-0.1, -0.05) is 41.2 Å². The molecule has 6 heteroatoms. The minimum atomic E-state index is -0.768. The van der Waals surface area contributed by atoms with E-state index >= 15 is 0 Å². The second kappa shape index (κ2) is 6.91. The molecular formula is C18H22N2O3S. The lowest BCUT2D eigenvalue weighted by Gasteiger charge is -2.39. The smallest absolute Gasteiger partial charge is 0.314 e. The summed E-state index contributed by atoms with van der Waals surface area (Å²) in [5, 5.41) is 10.5. The van der Waals surface area contributed by atoms with E-state index in [0.717, 1.165) is 35.6 Å². The first-order valence-electron chi connectivity index (χ1n) is 8.05. The van der Waals surface area contributed by atoms with E-state index < -0.39 is 11.4 Å². The Morgan fingerprint density at radius 1 is 1.33 bits per heavy atom. The predicted octanol–water partition coefficient (Wildman–Crippen LogP) is 3.08. The SMILES string of the molecule is COc1ncc(CN2CCC(C(=O)O)(c3ccc(C)cc3)CC2)s1. The summed E-state index contributed by atoms with van der Waals surface area (Å²) in [6.45, 7) is 4.34. The molecule has 24 heavy (non-hydrogen) atoms. The number of aryl methyl sites for hydroxylation is 1. The van der Waals surface area contributed by atoms with Crippen molar-refractivity contribution >= 4 is 17.3 Å². The molecule has 0 spiro atoms. The highest BCUT2D eigenvalue weighted by atomic mass is 32.1. The van der Waals surface area contributed by atoms with E-state index in [1.54, 1.807) is 7.11 Å². The third-order valence-corrected chi connectivity index (χ3v) is 5.75. The minimum Gasteiger partial charge on any atom is -0.481 e. The van der Waals surface area contributed by atoms with E-state index in [1.807, 2.05) is 37.4 Å². The Hall–Kier alpha value is -1.92. The maximum Gasteiger partial charge on any atom is 0.314 e. The second-order valence-electron chi connectivity index (χ2n) is 6.33. The molecule has 0 bridgehead atoms. The highest BCUT2D eigenvalue weighted by Gasteiger charge is 2.43. The lowest BCUT2D eigenvalue weighted by molar-refractivity contribution is -0.146. The molecule has 1 fully saturated rings. The number of carboxylic acids is 1. The van der Waals surface area contributed by atoms with Gasteiger partial charge in [0, 0.05) is 17.6 Å². The van der Waals surface area contributed by atoms with E-state index in [9.17, 15) is 9.90 Å². The Balaban J connectivity index is 1.70. The molecule has 1 N–H and O–H groups in total. The number of piperidine rings is 1. The van der Waals surface area contributed by atoms with Crippen molar-refractivity contribution in [2.75, 3.05) is 20.2 Å². The Morgan fingerprint density at radius 3 is 2.54 bits per heavy atom. The molecule has 3 rings (SSSR count). The summed E-state index contributed by atoms with van der Waals surface area (Å²) >= 11 is 1.54. The highest BCUT2D eigenvalue weighted by Crippen LogP contribution is 2.37. The summed E-state index contributed by atoms with van der Waals surface area (Å²) in [7, 11) is 1.62. The first-order chi connectivity index (χ1) is 11.5. The van der Waals surface area contributed by atoms with Crippen LogP contribution < -0.4 is 4.74 Å². The van der Waals surface area contributed by atoms with Crippen molar-refractivity contribution in [3.05, 3.63) is 46.5 Å². The van der Waals surface area contributed by atoms with Crippen LogP contribution in [-0.4, -0.2) is 41.2 Å². The number of hydrogen-bond acceptors (Lipinski definition) is 5. The summed E-state index contributed by atoms with van der Waals surface area (Å²) in [5.41, 5.74) is 1.30. The van der Waals surface area contributed by atoms with Crippen LogP contribution in [0.3, 0.4) is 0 Å². The van der Waals surface area contributed by atoms with E-state index in [4.69, 9.17) is 4.74 Å². The quantitative estimate of drug-likeness (QED) is 0.901. The molecule has 1 aliphatic rings. The Labute approximate surface area is 145 Å². The van der Waals surface area contributed by atoms with Gasteiger partial charge in [0.25, 0.3) is 5.19 Å². The zero-order valence-electron chi connectivity index (χ0n) is 14.0. The Bertz CT molecular complexity index is 703. The lowest BCUT2D eigenvalue weighted by atomic mass is 9.72. The zero-order valence-corrected chi connectivity index (χ0v) is 14.8. The summed E-state index contributed by atoms with van der Waals surface area (Å²) in [6.07, 6.45) is 3.09. The third-order valence-electron chi connectivity index (χ3n) is 4.81. The second-order valence-corrected chi connectivity index (χ2v) is 7.40. The van der Waals surface area contributed by atoms with Crippen LogP contribution in [0.25, 0.3) is 0 Å². The van der Waals surface area contributed by atoms with Crippen LogP contribution in [0.1, 0.15) is 28.8 Å². The molecule has 1 aliphatic heterocycles. The van der Waals surface area contributed by atoms with Gasteiger partial charge in [0.15, 0.2) is 0 Å². The summed E-state index contributed by atoms with van der Waals surface area (Å²) < 4.78 is 5.13. The van der Waals surface area contributed by atoms with Gasteiger partial charge in [-0.3, -0.25) is 9.69 Å². The number of aliphatic carboxylic acids is 1. The fraction of sp³-hybridized carbons (Fsp3) is 0.444. The molecule has 1 aromatic heterocycles. The van der Waals surface area contributed by atoms with Gasteiger partial charge < -0.3 is 9.84 Å². The van der Waals surface area contributed by atoms with E-state index in [1.165, 1.54) is 11.3 Å². The number of methoxy groups -OCH3 is 1. The van der Waals surface area contributed by atoms with Crippen LogP contribution in [0.15, 0.2) is 30.5 Å². The first kappa shape index (κ1) is 16.9. The normalized spacial score (nSPS) is 17.6. The number of benzene rings is 1. The van der Waals surface area contributed by atoms with Crippen molar-refractivity contribution in [2.45, 2.75) is 31.7 Å². The molecule has 0 radical (unpaired) electrons. The van der Waals surface area contributed by atoms with Crippen LogP contribution in [0.2, 0.25) is 0 Å². The molecule has 2 aromatic rings. The monoisotopic (exact) mass is 346 g/mol. The van der Waals surface area contributed by atoms with Crippen LogP contribution in [0.5, 0.6) is 5.19 Å². The maximum atomic E-state index is 12.0. The van der Waals surface area contributed by atoms with Gasteiger partial charge in [-0.15, -0.1) is 0 Å². The molecule has 1 saturated heterocycles. The molecule has 0 unspecified atom stereocenters. The van der Waals surface area contributed by atoms with Crippen molar-refractivity contribution in [3.8, 4) is 5.19 Å².